The van der Waals surface area contributed by atoms with E-state index in [-0.39, 0.29) is 12.4 Å². The first-order chi connectivity index (χ1) is 10.5. The normalized spacial score (nSPS) is 10.1. The third-order valence-corrected chi connectivity index (χ3v) is 3.00. The summed E-state index contributed by atoms with van der Waals surface area (Å²) in [6.45, 7) is 1.48. The van der Waals surface area contributed by atoms with Gasteiger partial charge in [-0.3, -0.25) is 4.79 Å². The summed E-state index contributed by atoms with van der Waals surface area (Å²) >= 11 is 0. The van der Waals surface area contributed by atoms with E-state index in [0.717, 1.165) is 10.5 Å². The molecule has 0 aliphatic carbocycles. The zero-order valence-corrected chi connectivity index (χ0v) is 12.0. The van der Waals surface area contributed by atoms with Crippen LogP contribution in [0.4, 0.5) is 20.6 Å². The summed E-state index contributed by atoms with van der Waals surface area (Å²) in [6.07, 6.45) is 0. The van der Waals surface area contributed by atoms with Gasteiger partial charge in [0.1, 0.15) is 5.82 Å². The van der Waals surface area contributed by atoms with Crippen LogP contribution in [0.15, 0.2) is 48.5 Å². The fraction of sp³-hybridized carbons (Fsp3) is 0.125. The average Bonchev–Trinajstić information content (AvgIpc) is 2.46. The molecule has 0 aliphatic rings. The van der Waals surface area contributed by atoms with Crippen LogP contribution >= 0.6 is 0 Å². The molecule has 0 saturated heterocycles. The van der Waals surface area contributed by atoms with E-state index < -0.39 is 11.9 Å². The van der Waals surface area contributed by atoms with Gasteiger partial charge in [-0.15, -0.1) is 0 Å². The van der Waals surface area contributed by atoms with Crippen molar-refractivity contribution < 1.29 is 14.0 Å². The van der Waals surface area contributed by atoms with Crippen molar-refractivity contribution in [2.45, 2.75) is 13.5 Å². The minimum absolute atomic E-state index is 0.186. The Labute approximate surface area is 127 Å². The molecule has 22 heavy (non-hydrogen) atoms. The fourth-order valence-electron chi connectivity index (χ4n) is 1.96. The monoisotopic (exact) mass is 301 g/mol. The summed E-state index contributed by atoms with van der Waals surface area (Å²) in [5.74, 6) is -0.776. The molecule has 0 unspecified atom stereocenters. The molecule has 2 rings (SSSR count). The van der Waals surface area contributed by atoms with Gasteiger partial charge in [0, 0.05) is 19.2 Å². The van der Waals surface area contributed by atoms with E-state index in [0.29, 0.717) is 11.4 Å². The second-order valence-electron chi connectivity index (χ2n) is 4.73. The molecule has 0 spiro atoms. The first kappa shape index (κ1) is 15.5. The number of anilines is 2. The molecule has 2 aromatic carbocycles. The minimum atomic E-state index is -0.567. The highest BCUT2D eigenvalue weighted by Crippen LogP contribution is 2.18. The van der Waals surface area contributed by atoms with Gasteiger partial charge in [0.05, 0.1) is 5.69 Å². The maximum atomic E-state index is 12.8. The third-order valence-electron chi connectivity index (χ3n) is 3.00. The number of halogens is 1. The highest BCUT2D eigenvalue weighted by molar-refractivity contribution is 6.13. The van der Waals surface area contributed by atoms with Gasteiger partial charge in [0.15, 0.2) is 0 Å². The molecule has 0 radical (unpaired) electrons. The Morgan fingerprint density at radius 3 is 2.45 bits per heavy atom. The second kappa shape index (κ2) is 6.71. The lowest BCUT2D eigenvalue weighted by Gasteiger charge is -2.20. The van der Waals surface area contributed by atoms with Crippen LogP contribution in [0.1, 0.15) is 12.5 Å². The molecule has 0 heterocycles. The number of nitrogens with two attached hydrogens (primary N) is 1. The Morgan fingerprint density at radius 1 is 1.18 bits per heavy atom. The molecule has 0 fully saturated rings. The van der Waals surface area contributed by atoms with Gasteiger partial charge in [-0.25, -0.2) is 14.1 Å². The fourth-order valence-corrected chi connectivity index (χ4v) is 1.96. The third kappa shape index (κ3) is 3.82. The van der Waals surface area contributed by atoms with Crippen LogP contribution in [0.25, 0.3) is 0 Å². The summed E-state index contributed by atoms with van der Waals surface area (Å²) in [5, 5.41) is 2.62. The van der Waals surface area contributed by atoms with Crippen molar-refractivity contribution in [3.8, 4) is 0 Å². The molecular formula is C16H16FN3O2. The van der Waals surface area contributed by atoms with Gasteiger partial charge < -0.3 is 11.1 Å². The lowest BCUT2D eigenvalue weighted by molar-refractivity contribution is -0.115. The molecule has 0 aliphatic heterocycles. The van der Waals surface area contributed by atoms with Crippen molar-refractivity contribution >= 4 is 23.3 Å². The summed E-state index contributed by atoms with van der Waals surface area (Å²) in [7, 11) is 0. The van der Waals surface area contributed by atoms with Crippen molar-refractivity contribution in [1.29, 1.82) is 0 Å². The number of nitrogens with zero attached hydrogens (tertiary/aromatic N) is 1. The van der Waals surface area contributed by atoms with Gasteiger partial charge in [0.2, 0.25) is 5.91 Å². The number of nitrogen functional groups attached to an aromatic ring is 1. The molecule has 114 valence electrons. The zero-order valence-electron chi connectivity index (χ0n) is 12.0. The highest BCUT2D eigenvalue weighted by Gasteiger charge is 2.19. The number of hydrogen-bond donors (Lipinski definition) is 2. The molecule has 0 saturated carbocycles. The molecule has 5 nitrogen and oxygen atoms in total. The summed E-state index contributed by atoms with van der Waals surface area (Å²) in [4.78, 5) is 24.9. The number of carbonyl (C=O) groups is 2. The van der Waals surface area contributed by atoms with Gasteiger partial charge >= 0.3 is 6.03 Å². The smallest absolute Gasteiger partial charge is 0.329 e. The van der Waals surface area contributed by atoms with E-state index in [4.69, 9.17) is 5.73 Å². The van der Waals surface area contributed by atoms with Gasteiger partial charge in [-0.05, 0) is 35.9 Å². The molecule has 0 aromatic heterocycles. The van der Waals surface area contributed by atoms with E-state index in [1.54, 1.807) is 36.4 Å². The quantitative estimate of drug-likeness (QED) is 0.856. The first-order valence-electron chi connectivity index (χ1n) is 6.66. The Morgan fingerprint density at radius 2 is 1.86 bits per heavy atom. The van der Waals surface area contributed by atoms with Crippen molar-refractivity contribution in [3.63, 3.8) is 0 Å². The van der Waals surface area contributed by atoms with Gasteiger partial charge in [0.25, 0.3) is 0 Å². The second-order valence-corrected chi connectivity index (χ2v) is 4.73. The lowest BCUT2D eigenvalue weighted by Crippen LogP contribution is -2.42. The van der Waals surface area contributed by atoms with Crippen molar-refractivity contribution in [3.05, 3.63) is 59.9 Å². The van der Waals surface area contributed by atoms with Crippen LogP contribution in [0.3, 0.4) is 0 Å². The van der Waals surface area contributed by atoms with Crippen LogP contribution in [-0.4, -0.2) is 11.9 Å². The molecule has 0 bridgehead atoms. The number of rotatable bonds is 3. The topological polar surface area (TPSA) is 75.4 Å². The number of benzene rings is 2. The van der Waals surface area contributed by atoms with Crippen LogP contribution in [0, 0.1) is 5.82 Å². The predicted molar refractivity (Wildman–Crippen MR) is 82.7 cm³/mol. The lowest BCUT2D eigenvalue weighted by atomic mass is 10.2. The summed E-state index contributed by atoms with van der Waals surface area (Å²) in [5.41, 5.74) is 7.24. The minimum Gasteiger partial charge on any atom is -0.399 e. The number of hydrogen-bond acceptors (Lipinski definition) is 3. The number of nitrogens with one attached hydrogen (secondary N) is 1. The maximum Gasteiger partial charge on any atom is 0.329 e. The highest BCUT2D eigenvalue weighted by atomic mass is 19.1. The maximum absolute atomic E-state index is 12.8. The van der Waals surface area contributed by atoms with Crippen molar-refractivity contribution in [2.75, 3.05) is 10.6 Å². The molecule has 3 amide bonds. The van der Waals surface area contributed by atoms with Crippen LogP contribution in [0.5, 0.6) is 0 Å². The number of urea groups is 1. The Kier molecular flexibility index (Phi) is 4.73. The molecular weight excluding hydrogens is 285 g/mol. The zero-order chi connectivity index (χ0) is 16.1. The number of carbonyl (C=O) groups excluding carboxylic acids is 2. The molecule has 2 aromatic rings. The van der Waals surface area contributed by atoms with E-state index >= 15 is 0 Å². The van der Waals surface area contributed by atoms with Crippen molar-refractivity contribution in [1.82, 2.24) is 5.32 Å². The molecule has 6 heteroatoms. The molecule has 3 N–H and O–H groups in total. The number of imide groups is 1. The van der Waals surface area contributed by atoms with Crippen LogP contribution in [0.2, 0.25) is 0 Å². The SMILES string of the molecule is CC(=O)N(C(=O)NCc1ccc(F)cc1)c1cccc(N)c1. The Bertz CT molecular complexity index is 686. The first-order valence-corrected chi connectivity index (χ1v) is 6.66. The largest absolute Gasteiger partial charge is 0.399 e. The van der Waals surface area contributed by atoms with Crippen molar-refractivity contribution in [2.24, 2.45) is 0 Å². The van der Waals surface area contributed by atoms with Crippen LogP contribution < -0.4 is 16.0 Å². The Balaban J connectivity index is 2.10. The number of amides is 3. The summed E-state index contributed by atoms with van der Waals surface area (Å²) in [6, 6.07) is 11.7. The molecule has 0 atom stereocenters. The van der Waals surface area contributed by atoms with E-state index in [9.17, 15) is 14.0 Å². The average molecular weight is 301 g/mol. The van der Waals surface area contributed by atoms with E-state index in [1.807, 2.05) is 0 Å². The summed E-state index contributed by atoms with van der Waals surface area (Å²) < 4.78 is 12.8. The Hall–Kier alpha value is -2.89. The van der Waals surface area contributed by atoms with Gasteiger partial charge in [-0.2, -0.15) is 0 Å². The standard InChI is InChI=1S/C16H16FN3O2/c1-11(21)20(15-4-2-3-14(18)9-15)16(22)19-10-12-5-7-13(17)8-6-12/h2-9H,10,18H2,1H3,(H,19,22). The van der Waals surface area contributed by atoms with Gasteiger partial charge in [-0.1, -0.05) is 18.2 Å². The van der Waals surface area contributed by atoms with E-state index in [1.165, 1.54) is 19.1 Å². The van der Waals surface area contributed by atoms with E-state index in [2.05, 4.69) is 5.32 Å². The predicted octanol–water partition coefficient (Wildman–Crippen LogP) is 2.67. The van der Waals surface area contributed by atoms with Crippen LogP contribution in [-0.2, 0) is 11.3 Å².